The van der Waals surface area contributed by atoms with Crippen molar-refractivity contribution in [2.24, 2.45) is 0 Å². The van der Waals surface area contributed by atoms with Crippen molar-refractivity contribution in [3.63, 3.8) is 0 Å². The molecule has 28 heavy (non-hydrogen) atoms. The number of benzene rings is 1. The molecule has 152 valence electrons. The van der Waals surface area contributed by atoms with E-state index in [9.17, 15) is 9.59 Å². The van der Waals surface area contributed by atoms with Gasteiger partial charge in [0, 0.05) is 23.9 Å². The molecule has 0 atom stereocenters. The van der Waals surface area contributed by atoms with Gasteiger partial charge in [0.2, 0.25) is 5.90 Å². The Hall–Kier alpha value is -2.83. The lowest BCUT2D eigenvalue weighted by atomic mass is 10.1. The molecule has 1 amide bonds. The molecule has 0 fully saturated rings. The molecule has 7 heteroatoms. The normalized spacial score (nSPS) is 10.6. The number of amides is 1. The summed E-state index contributed by atoms with van der Waals surface area (Å²) in [5.74, 6) is -0.0559. The van der Waals surface area contributed by atoms with Crippen molar-refractivity contribution in [3.8, 4) is 0 Å². The van der Waals surface area contributed by atoms with Gasteiger partial charge in [-0.3, -0.25) is 15.0 Å². The number of fused-ring (bicyclic) bond motifs is 1. The van der Waals surface area contributed by atoms with Gasteiger partial charge in [0.15, 0.2) is 5.76 Å². The van der Waals surface area contributed by atoms with Gasteiger partial charge < -0.3 is 19.2 Å². The van der Waals surface area contributed by atoms with Gasteiger partial charge in [-0.25, -0.2) is 0 Å². The van der Waals surface area contributed by atoms with Crippen LogP contribution in [0.2, 0.25) is 0 Å². The van der Waals surface area contributed by atoms with E-state index in [4.69, 9.17) is 14.6 Å². The summed E-state index contributed by atoms with van der Waals surface area (Å²) in [6.07, 6.45) is 5.16. The van der Waals surface area contributed by atoms with Crippen molar-refractivity contribution < 1.29 is 23.5 Å². The Kier molecular flexibility index (Phi) is 8.52. The Labute approximate surface area is 164 Å². The Balaban J connectivity index is 1.74. The number of rotatable bonds is 11. The SMILES string of the molecule is CCOC(=N)c1ccc2oc(C(=O)NCCCCCCCC(=O)OC)cc2c1. The zero-order valence-electron chi connectivity index (χ0n) is 16.5. The fourth-order valence-electron chi connectivity index (χ4n) is 2.84. The van der Waals surface area contributed by atoms with Crippen LogP contribution < -0.4 is 5.32 Å². The maximum Gasteiger partial charge on any atom is 0.305 e. The zero-order chi connectivity index (χ0) is 20.4. The molecule has 0 saturated heterocycles. The number of carbonyl (C=O) groups excluding carboxylic acids is 2. The summed E-state index contributed by atoms with van der Waals surface area (Å²) in [6.45, 7) is 2.84. The third kappa shape index (κ3) is 6.40. The first-order valence-electron chi connectivity index (χ1n) is 9.65. The van der Waals surface area contributed by atoms with Crippen LogP contribution in [0.15, 0.2) is 28.7 Å². The fraction of sp³-hybridized carbons (Fsp3) is 0.476. The fourth-order valence-corrected chi connectivity index (χ4v) is 2.84. The smallest absolute Gasteiger partial charge is 0.305 e. The molecule has 0 unspecified atom stereocenters. The van der Waals surface area contributed by atoms with Crippen LogP contribution in [0.1, 0.15) is 61.6 Å². The summed E-state index contributed by atoms with van der Waals surface area (Å²) in [5.41, 5.74) is 1.25. The second kappa shape index (κ2) is 11.1. The van der Waals surface area contributed by atoms with Gasteiger partial charge in [-0.1, -0.05) is 19.3 Å². The molecule has 0 aliphatic rings. The van der Waals surface area contributed by atoms with Crippen molar-refractivity contribution in [1.29, 1.82) is 5.41 Å². The van der Waals surface area contributed by atoms with Crippen LogP contribution in [0, 0.1) is 5.41 Å². The number of esters is 1. The minimum absolute atomic E-state index is 0.100. The van der Waals surface area contributed by atoms with Gasteiger partial charge in [0.1, 0.15) is 5.58 Å². The molecule has 1 aromatic carbocycles. The van der Waals surface area contributed by atoms with Gasteiger partial charge in [-0.2, -0.15) is 0 Å². The first kappa shape index (κ1) is 21.5. The number of hydrogen-bond acceptors (Lipinski definition) is 6. The monoisotopic (exact) mass is 388 g/mol. The highest BCUT2D eigenvalue weighted by Crippen LogP contribution is 2.21. The van der Waals surface area contributed by atoms with Gasteiger partial charge in [-0.05, 0) is 44.0 Å². The molecule has 2 aromatic rings. The number of methoxy groups -OCH3 is 1. The summed E-state index contributed by atoms with van der Waals surface area (Å²) in [4.78, 5) is 23.3. The van der Waals surface area contributed by atoms with Crippen LogP contribution in [-0.4, -0.2) is 38.0 Å². The predicted molar refractivity (Wildman–Crippen MR) is 107 cm³/mol. The standard InChI is InChI=1S/C21H28N2O5/c1-3-27-20(22)15-10-11-17-16(13-15)14-18(28-17)21(25)23-12-8-6-4-5-7-9-19(24)26-2/h10-11,13-14,22H,3-9,12H2,1-2H3,(H,23,25). The molecule has 0 aliphatic carbocycles. The van der Waals surface area contributed by atoms with Crippen LogP contribution in [0.5, 0.6) is 0 Å². The highest BCUT2D eigenvalue weighted by molar-refractivity contribution is 5.99. The van der Waals surface area contributed by atoms with Crippen LogP contribution in [0.25, 0.3) is 11.0 Å². The predicted octanol–water partition coefficient (Wildman–Crippen LogP) is 4.04. The van der Waals surface area contributed by atoms with E-state index in [1.807, 2.05) is 6.92 Å². The lowest BCUT2D eigenvalue weighted by molar-refractivity contribution is -0.140. The molecular formula is C21H28N2O5. The van der Waals surface area contributed by atoms with E-state index in [1.54, 1.807) is 24.3 Å². The number of carbonyl (C=O) groups is 2. The minimum atomic E-state index is -0.247. The molecule has 1 heterocycles. The zero-order valence-corrected chi connectivity index (χ0v) is 16.5. The average molecular weight is 388 g/mol. The molecule has 0 radical (unpaired) electrons. The number of unbranched alkanes of at least 4 members (excludes halogenated alkanes) is 4. The lowest BCUT2D eigenvalue weighted by Gasteiger charge is -2.03. The maximum absolute atomic E-state index is 12.3. The Bertz CT molecular complexity index is 812. The average Bonchev–Trinajstić information content (AvgIpc) is 3.13. The number of hydrogen-bond donors (Lipinski definition) is 2. The van der Waals surface area contributed by atoms with Crippen LogP contribution >= 0.6 is 0 Å². The second-order valence-corrected chi connectivity index (χ2v) is 6.48. The molecule has 2 N–H and O–H groups in total. The van der Waals surface area contributed by atoms with Crippen molar-refractivity contribution in [2.45, 2.75) is 45.4 Å². The summed E-state index contributed by atoms with van der Waals surface area (Å²) >= 11 is 0. The van der Waals surface area contributed by atoms with Gasteiger partial charge >= 0.3 is 5.97 Å². The van der Waals surface area contributed by atoms with Gasteiger partial charge in [-0.15, -0.1) is 0 Å². The van der Waals surface area contributed by atoms with E-state index in [1.165, 1.54) is 7.11 Å². The number of furan rings is 1. The van der Waals surface area contributed by atoms with Crippen LogP contribution in [0.3, 0.4) is 0 Å². The summed E-state index contributed by atoms with van der Waals surface area (Å²) in [6, 6.07) is 6.94. The molecule has 2 rings (SSSR count). The van der Waals surface area contributed by atoms with E-state index in [0.717, 1.165) is 37.5 Å². The van der Waals surface area contributed by atoms with Gasteiger partial charge in [0.25, 0.3) is 5.91 Å². The highest BCUT2D eigenvalue weighted by Gasteiger charge is 2.13. The maximum atomic E-state index is 12.3. The Morgan fingerprint density at radius 2 is 1.86 bits per heavy atom. The van der Waals surface area contributed by atoms with E-state index >= 15 is 0 Å². The molecule has 1 aromatic heterocycles. The quantitative estimate of drug-likeness (QED) is 0.262. The Morgan fingerprint density at radius 3 is 2.61 bits per heavy atom. The highest BCUT2D eigenvalue weighted by atomic mass is 16.5. The van der Waals surface area contributed by atoms with Crippen molar-refractivity contribution in [1.82, 2.24) is 5.32 Å². The summed E-state index contributed by atoms with van der Waals surface area (Å²) in [5, 5.41) is 11.5. The molecule has 0 aliphatic heterocycles. The summed E-state index contributed by atoms with van der Waals surface area (Å²) in [7, 11) is 1.40. The molecule has 0 bridgehead atoms. The third-order valence-electron chi connectivity index (χ3n) is 4.36. The molecule has 0 spiro atoms. The van der Waals surface area contributed by atoms with E-state index in [0.29, 0.717) is 30.7 Å². The van der Waals surface area contributed by atoms with Crippen LogP contribution in [-0.2, 0) is 14.3 Å². The topological polar surface area (TPSA) is 102 Å². The summed E-state index contributed by atoms with van der Waals surface area (Å²) < 4.78 is 15.4. The largest absolute Gasteiger partial charge is 0.478 e. The van der Waals surface area contributed by atoms with E-state index in [2.05, 4.69) is 10.1 Å². The number of ether oxygens (including phenoxy) is 2. The van der Waals surface area contributed by atoms with Crippen LogP contribution in [0.4, 0.5) is 0 Å². The Morgan fingerprint density at radius 1 is 1.11 bits per heavy atom. The third-order valence-corrected chi connectivity index (χ3v) is 4.36. The first-order chi connectivity index (χ1) is 13.5. The number of nitrogens with one attached hydrogen (secondary N) is 2. The van der Waals surface area contributed by atoms with Crippen molar-refractivity contribution in [2.75, 3.05) is 20.3 Å². The molecular weight excluding hydrogens is 360 g/mol. The first-order valence-corrected chi connectivity index (χ1v) is 9.65. The van der Waals surface area contributed by atoms with E-state index in [-0.39, 0.29) is 23.5 Å². The lowest BCUT2D eigenvalue weighted by Crippen LogP contribution is -2.23. The second-order valence-electron chi connectivity index (χ2n) is 6.48. The van der Waals surface area contributed by atoms with Crippen molar-refractivity contribution >= 4 is 28.7 Å². The van der Waals surface area contributed by atoms with E-state index < -0.39 is 0 Å². The van der Waals surface area contributed by atoms with Gasteiger partial charge in [0.05, 0.1) is 13.7 Å². The molecule has 7 nitrogen and oxygen atoms in total. The molecule has 0 saturated carbocycles. The minimum Gasteiger partial charge on any atom is -0.478 e. The van der Waals surface area contributed by atoms with Crippen molar-refractivity contribution in [3.05, 3.63) is 35.6 Å².